The topological polar surface area (TPSA) is 37.4 Å². The molecule has 1 unspecified atom stereocenters. The highest BCUT2D eigenvalue weighted by Crippen LogP contribution is 2.32. The summed E-state index contributed by atoms with van der Waals surface area (Å²) in [6.45, 7) is 1.26. The van der Waals surface area contributed by atoms with Crippen LogP contribution in [0.25, 0.3) is 0 Å². The minimum Gasteiger partial charge on any atom is -0.206 e. The fourth-order valence-corrected chi connectivity index (χ4v) is 6.49. The molecular formula is C10H13Br2NO2S2. The molecule has 1 saturated heterocycles. The van der Waals surface area contributed by atoms with E-state index in [0.29, 0.717) is 27.7 Å². The van der Waals surface area contributed by atoms with Gasteiger partial charge in [-0.25, -0.2) is 8.42 Å². The van der Waals surface area contributed by atoms with Crippen LogP contribution in [0.2, 0.25) is 0 Å². The number of alkyl halides is 1. The maximum Gasteiger partial charge on any atom is 0.253 e. The van der Waals surface area contributed by atoms with Crippen molar-refractivity contribution in [3.63, 3.8) is 0 Å². The molecule has 0 amide bonds. The lowest BCUT2D eigenvalue weighted by atomic mass is 10.0. The molecule has 0 N–H and O–H groups in total. The van der Waals surface area contributed by atoms with Gasteiger partial charge >= 0.3 is 0 Å². The standard InChI is InChI=1S/C10H13Br2NO2S2/c11-6-8-2-1-4-13(7-8)17(14,15)10-9(12)3-5-16-10/h3,5,8H,1-2,4,6-7H2. The normalized spacial score (nSPS) is 22.8. The summed E-state index contributed by atoms with van der Waals surface area (Å²) in [5.74, 6) is 0.428. The molecule has 96 valence electrons. The quantitative estimate of drug-likeness (QED) is 0.727. The largest absolute Gasteiger partial charge is 0.253 e. The van der Waals surface area contributed by atoms with Crippen LogP contribution in [0.15, 0.2) is 20.1 Å². The van der Waals surface area contributed by atoms with E-state index in [1.807, 2.05) is 0 Å². The number of halogens is 2. The van der Waals surface area contributed by atoms with Gasteiger partial charge in [0.2, 0.25) is 0 Å². The number of thiophene rings is 1. The lowest BCUT2D eigenvalue weighted by molar-refractivity contribution is 0.286. The van der Waals surface area contributed by atoms with E-state index in [-0.39, 0.29) is 0 Å². The molecule has 0 spiro atoms. The van der Waals surface area contributed by atoms with Crippen LogP contribution in [0.3, 0.4) is 0 Å². The number of nitrogens with zero attached hydrogens (tertiary/aromatic N) is 1. The molecule has 0 radical (unpaired) electrons. The Morgan fingerprint density at radius 2 is 2.29 bits per heavy atom. The Balaban J connectivity index is 2.24. The molecule has 1 aromatic rings. The van der Waals surface area contributed by atoms with Gasteiger partial charge in [-0.3, -0.25) is 0 Å². The van der Waals surface area contributed by atoms with Gasteiger partial charge in [-0.15, -0.1) is 11.3 Å². The van der Waals surface area contributed by atoms with E-state index >= 15 is 0 Å². The Morgan fingerprint density at radius 3 is 2.88 bits per heavy atom. The van der Waals surface area contributed by atoms with Crippen LogP contribution >= 0.6 is 43.2 Å². The molecule has 0 aromatic carbocycles. The maximum absolute atomic E-state index is 12.4. The fourth-order valence-electron chi connectivity index (χ4n) is 1.95. The molecule has 1 fully saturated rings. The highest BCUT2D eigenvalue weighted by molar-refractivity contribution is 9.10. The minimum atomic E-state index is -3.31. The van der Waals surface area contributed by atoms with Crippen molar-refractivity contribution in [2.24, 2.45) is 5.92 Å². The third kappa shape index (κ3) is 2.94. The molecule has 2 heterocycles. The smallest absolute Gasteiger partial charge is 0.206 e. The number of piperidine rings is 1. The van der Waals surface area contributed by atoms with E-state index in [1.54, 1.807) is 15.8 Å². The van der Waals surface area contributed by atoms with Crippen LogP contribution < -0.4 is 0 Å². The van der Waals surface area contributed by atoms with Crippen molar-refractivity contribution >= 4 is 53.2 Å². The van der Waals surface area contributed by atoms with Gasteiger partial charge in [0.15, 0.2) is 0 Å². The van der Waals surface area contributed by atoms with Crippen molar-refractivity contribution < 1.29 is 8.42 Å². The van der Waals surface area contributed by atoms with Crippen LogP contribution in [-0.4, -0.2) is 31.1 Å². The fraction of sp³-hybridized carbons (Fsp3) is 0.600. The Kier molecular flexibility index (Phi) is 4.68. The van der Waals surface area contributed by atoms with Gasteiger partial charge in [-0.1, -0.05) is 15.9 Å². The maximum atomic E-state index is 12.4. The summed E-state index contributed by atoms with van der Waals surface area (Å²) in [5.41, 5.74) is 0. The van der Waals surface area contributed by atoms with Gasteiger partial charge in [-0.2, -0.15) is 4.31 Å². The highest BCUT2D eigenvalue weighted by Gasteiger charge is 2.31. The van der Waals surface area contributed by atoms with E-state index in [2.05, 4.69) is 31.9 Å². The van der Waals surface area contributed by atoms with E-state index < -0.39 is 10.0 Å². The number of hydrogen-bond acceptors (Lipinski definition) is 3. The first-order chi connectivity index (χ1) is 8.05. The molecule has 0 aliphatic carbocycles. The summed E-state index contributed by atoms with van der Waals surface area (Å²) in [6.07, 6.45) is 2.04. The molecule has 1 aromatic heterocycles. The molecule has 1 aliphatic heterocycles. The molecule has 0 bridgehead atoms. The zero-order valence-electron chi connectivity index (χ0n) is 9.10. The highest BCUT2D eigenvalue weighted by atomic mass is 79.9. The summed E-state index contributed by atoms with van der Waals surface area (Å²) in [5, 5.41) is 2.66. The first kappa shape index (κ1) is 14.0. The number of rotatable bonds is 3. The van der Waals surface area contributed by atoms with E-state index in [4.69, 9.17) is 0 Å². The van der Waals surface area contributed by atoms with Gasteiger partial charge in [0.1, 0.15) is 4.21 Å². The zero-order chi connectivity index (χ0) is 12.5. The summed E-state index contributed by atoms with van der Waals surface area (Å²) < 4.78 is 27.5. The summed E-state index contributed by atoms with van der Waals surface area (Å²) in [4.78, 5) is 0. The summed E-state index contributed by atoms with van der Waals surface area (Å²) in [7, 11) is -3.31. The van der Waals surface area contributed by atoms with Crippen molar-refractivity contribution in [3.8, 4) is 0 Å². The number of hydrogen-bond donors (Lipinski definition) is 0. The average Bonchev–Trinajstić information content (AvgIpc) is 2.76. The number of sulfonamides is 1. The first-order valence-corrected chi connectivity index (χ1v) is 9.58. The molecule has 0 saturated carbocycles. The summed E-state index contributed by atoms with van der Waals surface area (Å²) >= 11 is 8.01. The van der Waals surface area contributed by atoms with Gasteiger partial charge in [0.25, 0.3) is 10.0 Å². The van der Waals surface area contributed by atoms with Crippen molar-refractivity contribution in [3.05, 3.63) is 15.9 Å². The molecule has 7 heteroatoms. The molecule has 3 nitrogen and oxygen atoms in total. The van der Waals surface area contributed by atoms with Crippen molar-refractivity contribution in [2.45, 2.75) is 17.1 Å². The molecule has 17 heavy (non-hydrogen) atoms. The Hall–Kier alpha value is 0.570. The Labute approximate surface area is 123 Å². The van der Waals surface area contributed by atoms with Crippen LogP contribution in [0, 0.1) is 5.92 Å². The second-order valence-corrected chi connectivity index (χ2v) is 8.63. The van der Waals surface area contributed by atoms with E-state index in [1.165, 1.54) is 11.3 Å². The van der Waals surface area contributed by atoms with Crippen LogP contribution in [0.5, 0.6) is 0 Å². The Morgan fingerprint density at radius 1 is 1.53 bits per heavy atom. The monoisotopic (exact) mass is 401 g/mol. The average molecular weight is 403 g/mol. The molecular weight excluding hydrogens is 390 g/mol. The van der Waals surface area contributed by atoms with Crippen molar-refractivity contribution in [2.75, 3.05) is 18.4 Å². The van der Waals surface area contributed by atoms with Crippen LogP contribution in [0.1, 0.15) is 12.8 Å². The molecule has 2 rings (SSSR count). The first-order valence-electron chi connectivity index (χ1n) is 5.35. The molecule has 1 atom stereocenters. The van der Waals surface area contributed by atoms with Gasteiger partial charge in [0.05, 0.1) is 0 Å². The lowest BCUT2D eigenvalue weighted by Crippen LogP contribution is -2.40. The summed E-state index contributed by atoms with van der Waals surface area (Å²) in [6, 6.07) is 1.78. The van der Waals surface area contributed by atoms with Crippen LogP contribution in [0.4, 0.5) is 0 Å². The van der Waals surface area contributed by atoms with Crippen LogP contribution in [-0.2, 0) is 10.0 Å². The van der Waals surface area contributed by atoms with Crippen molar-refractivity contribution in [1.29, 1.82) is 0 Å². The lowest BCUT2D eigenvalue weighted by Gasteiger charge is -2.30. The predicted octanol–water partition coefficient (Wildman–Crippen LogP) is 3.31. The van der Waals surface area contributed by atoms with E-state index in [0.717, 1.165) is 18.2 Å². The van der Waals surface area contributed by atoms with Gasteiger partial charge in [0, 0.05) is 22.9 Å². The third-order valence-electron chi connectivity index (χ3n) is 2.86. The van der Waals surface area contributed by atoms with Gasteiger partial charge in [-0.05, 0) is 46.1 Å². The van der Waals surface area contributed by atoms with E-state index in [9.17, 15) is 8.42 Å². The van der Waals surface area contributed by atoms with Crippen molar-refractivity contribution in [1.82, 2.24) is 4.31 Å². The third-order valence-corrected chi connectivity index (χ3v) is 8.29. The van der Waals surface area contributed by atoms with Gasteiger partial charge < -0.3 is 0 Å². The zero-order valence-corrected chi connectivity index (χ0v) is 13.9. The minimum absolute atomic E-state index is 0.424. The predicted molar refractivity (Wildman–Crippen MR) is 77.3 cm³/mol. The SMILES string of the molecule is O=S(=O)(c1sccc1Br)N1CCCC(CBr)C1. The Bertz CT molecular complexity index is 486. The second kappa shape index (κ2) is 5.69. The second-order valence-electron chi connectivity index (χ2n) is 4.08. The molecule has 1 aliphatic rings.